The molecule has 0 spiro atoms. The number of hydrogen-bond acceptors (Lipinski definition) is 9. The van der Waals surface area contributed by atoms with Crippen LogP contribution in [0.5, 0.6) is 5.75 Å². The fourth-order valence-corrected chi connectivity index (χ4v) is 5.63. The Bertz CT molecular complexity index is 1050. The molecule has 2 aliphatic heterocycles. The van der Waals surface area contributed by atoms with Crippen LogP contribution in [0.25, 0.3) is 0 Å². The number of rotatable bonds is 10. The van der Waals surface area contributed by atoms with Crippen LogP contribution >= 0.6 is 7.60 Å². The van der Waals surface area contributed by atoms with E-state index in [1.54, 1.807) is 44.2 Å². The van der Waals surface area contributed by atoms with Crippen molar-refractivity contribution in [3.05, 3.63) is 55.0 Å². The Hall–Kier alpha value is -2.72. The molecule has 12 heteroatoms. The van der Waals surface area contributed by atoms with E-state index in [1.807, 2.05) is 0 Å². The monoisotopic (exact) mass is 526 g/mol. The molecule has 0 aromatic heterocycles. The number of nitrogens with zero attached hydrogens (tertiary/aromatic N) is 1. The van der Waals surface area contributed by atoms with Gasteiger partial charge in [-0.15, -0.1) is 0 Å². The average Bonchev–Trinajstić information content (AvgIpc) is 3.01. The van der Waals surface area contributed by atoms with Crippen molar-refractivity contribution in [3.8, 4) is 5.75 Å². The SMILES string of the molecule is C=C1NC(=O)C=CN1[C@@H]1O[C@H](COP(=O)(C[C@@H](C)C(=O)OC(C)C)Oc2ccccc2)[C@@H](O)[C@@]1(C)F. The van der Waals surface area contributed by atoms with E-state index in [2.05, 4.69) is 11.9 Å². The summed E-state index contributed by atoms with van der Waals surface area (Å²) in [7, 11) is -4.00. The maximum atomic E-state index is 15.6. The second kappa shape index (κ2) is 11.1. The Labute approximate surface area is 209 Å². The van der Waals surface area contributed by atoms with E-state index in [0.717, 1.165) is 6.92 Å². The van der Waals surface area contributed by atoms with Gasteiger partial charge < -0.3 is 29.3 Å². The second-order valence-electron chi connectivity index (χ2n) is 9.16. The maximum Gasteiger partial charge on any atom is 0.380 e. The number of nitrogens with one attached hydrogen (secondary N) is 1. The van der Waals surface area contributed by atoms with Crippen molar-refractivity contribution in [2.45, 2.75) is 57.9 Å². The van der Waals surface area contributed by atoms with E-state index in [1.165, 1.54) is 24.1 Å². The molecular weight excluding hydrogens is 494 g/mol. The number of carbonyl (C=O) groups excluding carboxylic acids is 2. The van der Waals surface area contributed by atoms with E-state index in [0.29, 0.717) is 0 Å². The predicted molar refractivity (Wildman–Crippen MR) is 128 cm³/mol. The first-order valence-corrected chi connectivity index (χ1v) is 13.2. The van der Waals surface area contributed by atoms with Gasteiger partial charge in [-0.05, 0) is 32.9 Å². The molecule has 6 atom stereocenters. The molecule has 36 heavy (non-hydrogen) atoms. The lowest BCUT2D eigenvalue weighted by atomic mass is 9.98. The number of aliphatic hydroxyl groups is 1. The molecule has 2 N–H and O–H groups in total. The quantitative estimate of drug-likeness (QED) is 0.350. The van der Waals surface area contributed by atoms with Gasteiger partial charge in [0.2, 0.25) is 0 Å². The zero-order chi connectivity index (χ0) is 26.7. The summed E-state index contributed by atoms with van der Waals surface area (Å²) in [5.41, 5.74) is -2.30. The van der Waals surface area contributed by atoms with Crippen molar-refractivity contribution in [1.82, 2.24) is 10.2 Å². The van der Waals surface area contributed by atoms with E-state index in [9.17, 15) is 19.3 Å². The lowest BCUT2D eigenvalue weighted by Crippen LogP contribution is -2.51. The number of ether oxygens (including phenoxy) is 2. The van der Waals surface area contributed by atoms with Crippen molar-refractivity contribution in [3.63, 3.8) is 0 Å². The normalized spacial score (nSPS) is 28.5. The Kier molecular flexibility index (Phi) is 8.61. The van der Waals surface area contributed by atoms with Gasteiger partial charge in [0.15, 0.2) is 11.9 Å². The van der Waals surface area contributed by atoms with Crippen molar-refractivity contribution < 1.29 is 42.2 Å². The molecule has 0 bridgehead atoms. The van der Waals surface area contributed by atoms with Crippen LogP contribution in [-0.4, -0.2) is 64.9 Å². The number of carbonyl (C=O) groups is 2. The van der Waals surface area contributed by atoms with Gasteiger partial charge in [-0.1, -0.05) is 31.7 Å². The third-order valence-corrected chi connectivity index (χ3v) is 7.64. The van der Waals surface area contributed by atoms with Crippen molar-refractivity contribution in [2.75, 3.05) is 12.8 Å². The Morgan fingerprint density at radius 2 is 2.00 bits per heavy atom. The number of hydrogen-bond donors (Lipinski definition) is 2. The minimum Gasteiger partial charge on any atom is -0.463 e. The summed E-state index contributed by atoms with van der Waals surface area (Å²) in [6, 6.07) is 8.25. The molecule has 1 aromatic carbocycles. The number of alkyl halides is 1. The lowest BCUT2D eigenvalue weighted by Gasteiger charge is -2.35. The molecular formula is C24H32FN2O8P. The molecule has 2 aliphatic rings. The fourth-order valence-electron chi connectivity index (χ4n) is 3.76. The number of halogens is 1. The molecule has 1 aromatic rings. The first-order chi connectivity index (χ1) is 16.8. The van der Waals surface area contributed by atoms with Crippen LogP contribution in [0, 0.1) is 5.92 Å². The Morgan fingerprint density at radius 3 is 2.61 bits per heavy atom. The minimum atomic E-state index is -4.00. The molecule has 1 unspecified atom stereocenters. The fraction of sp³-hybridized carbons (Fsp3) is 0.500. The van der Waals surface area contributed by atoms with Crippen LogP contribution in [0.1, 0.15) is 27.7 Å². The lowest BCUT2D eigenvalue weighted by molar-refractivity contribution is -0.151. The zero-order valence-corrected chi connectivity index (χ0v) is 21.5. The van der Waals surface area contributed by atoms with E-state index < -0.39 is 56.1 Å². The summed E-state index contributed by atoms with van der Waals surface area (Å²) in [6.45, 7) is 9.26. The van der Waals surface area contributed by atoms with Crippen LogP contribution in [0.15, 0.2) is 55.0 Å². The van der Waals surface area contributed by atoms with Gasteiger partial charge in [0.25, 0.3) is 5.91 Å². The standard InChI is InChI=1S/C24H32FN2O8P/c1-15(2)33-22(30)16(3)14-36(31,35-18-9-7-6-8-10-18)32-13-19-21(29)24(5,25)23(34-19)27-12-11-20(28)26-17(27)4/h6-12,15-16,19,21,23,29H,4,13-14H2,1-3,5H3,(H,26,28)/t16-,19-,21-,23-,24-,36?/m1/s1. The van der Waals surface area contributed by atoms with Crippen molar-refractivity contribution in [2.24, 2.45) is 5.92 Å². The molecule has 1 amide bonds. The average molecular weight is 526 g/mol. The van der Waals surface area contributed by atoms with Gasteiger partial charge in [-0.25, -0.2) is 8.96 Å². The number of aliphatic hydroxyl groups excluding tert-OH is 1. The number of benzene rings is 1. The maximum absolute atomic E-state index is 15.6. The van der Waals surface area contributed by atoms with Gasteiger partial charge in [0, 0.05) is 12.3 Å². The minimum absolute atomic E-state index is 0.0701. The van der Waals surface area contributed by atoms with Crippen molar-refractivity contribution in [1.29, 1.82) is 0 Å². The summed E-state index contributed by atoms with van der Waals surface area (Å²) < 4.78 is 51.5. The highest BCUT2D eigenvalue weighted by atomic mass is 31.2. The van der Waals surface area contributed by atoms with Gasteiger partial charge >= 0.3 is 13.6 Å². The Balaban J connectivity index is 1.76. The third kappa shape index (κ3) is 6.53. The third-order valence-electron chi connectivity index (χ3n) is 5.61. The van der Waals surface area contributed by atoms with Gasteiger partial charge in [0.1, 0.15) is 23.8 Å². The number of para-hydroxylation sites is 1. The largest absolute Gasteiger partial charge is 0.463 e. The first kappa shape index (κ1) is 27.9. The molecule has 10 nitrogen and oxygen atoms in total. The molecule has 0 radical (unpaired) electrons. The molecule has 0 aliphatic carbocycles. The number of amides is 1. The molecule has 2 heterocycles. The summed E-state index contributed by atoms with van der Waals surface area (Å²) in [5, 5.41) is 13.1. The topological polar surface area (TPSA) is 124 Å². The van der Waals surface area contributed by atoms with Crippen molar-refractivity contribution >= 4 is 19.5 Å². The van der Waals surface area contributed by atoms with Gasteiger partial charge in [-0.3, -0.25) is 14.1 Å². The highest BCUT2D eigenvalue weighted by molar-refractivity contribution is 7.54. The Morgan fingerprint density at radius 1 is 1.33 bits per heavy atom. The van der Waals surface area contributed by atoms with Gasteiger partial charge in [0.05, 0.1) is 24.8 Å². The van der Waals surface area contributed by atoms with Crippen LogP contribution in [0.3, 0.4) is 0 Å². The van der Waals surface area contributed by atoms with E-state index >= 15 is 4.39 Å². The number of esters is 1. The van der Waals surface area contributed by atoms with Crippen LogP contribution in [0.2, 0.25) is 0 Å². The first-order valence-electron chi connectivity index (χ1n) is 11.5. The summed E-state index contributed by atoms with van der Waals surface area (Å²) in [4.78, 5) is 25.1. The highest BCUT2D eigenvalue weighted by Gasteiger charge is 2.57. The molecule has 198 valence electrons. The predicted octanol–water partition coefficient (Wildman–Crippen LogP) is 3.09. The summed E-state index contributed by atoms with van der Waals surface area (Å²) in [5.74, 6) is -1.52. The summed E-state index contributed by atoms with van der Waals surface area (Å²) in [6.07, 6.45) is -2.47. The second-order valence-corrected chi connectivity index (χ2v) is 11.2. The van der Waals surface area contributed by atoms with Crippen LogP contribution in [0.4, 0.5) is 4.39 Å². The molecule has 3 rings (SSSR count). The van der Waals surface area contributed by atoms with E-state index in [-0.39, 0.29) is 23.8 Å². The molecule has 0 saturated carbocycles. The molecule has 1 saturated heterocycles. The summed E-state index contributed by atoms with van der Waals surface area (Å²) >= 11 is 0. The van der Waals surface area contributed by atoms with Crippen LogP contribution in [-0.2, 0) is 28.2 Å². The zero-order valence-electron chi connectivity index (χ0n) is 20.6. The smallest absolute Gasteiger partial charge is 0.380 e. The molecule has 1 fully saturated rings. The highest BCUT2D eigenvalue weighted by Crippen LogP contribution is 2.51. The van der Waals surface area contributed by atoms with Gasteiger partial charge in [-0.2, -0.15) is 0 Å². The van der Waals surface area contributed by atoms with Crippen LogP contribution < -0.4 is 9.84 Å². The van der Waals surface area contributed by atoms with E-state index in [4.69, 9.17) is 18.5 Å².